The predicted molar refractivity (Wildman–Crippen MR) is 54.9 cm³/mol. The number of aryl methyl sites for hydroxylation is 1. The minimum atomic E-state index is -4.56. The third kappa shape index (κ3) is 2.06. The van der Waals surface area contributed by atoms with Crippen LogP contribution in [0.5, 0.6) is 0 Å². The Kier molecular flexibility index (Phi) is 2.48. The molecule has 3 nitrogen and oxygen atoms in total. The molecule has 0 fully saturated rings. The molecular weight excluding hydrogens is 187 g/mol. The Morgan fingerprint density at radius 1 is 1.15 bits per heavy atom. The fourth-order valence-electron chi connectivity index (χ4n) is 1.25. The van der Waals surface area contributed by atoms with Gasteiger partial charge in [0.25, 0.3) is 0 Å². The van der Waals surface area contributed by atoms with Crippen LogP contribution < -0.4 is 5.30 Å². The van der Waals surface area contributed by atoms with E-state index < -0.39 is 7.28 Å². The first-order valence-electron chi connectivity index (χ1n) is 4.17. The van der Waals surface area contributed by atoms with Crippen molar-refractivity contribution in [2.24, 2.45) is 0 Å². The van der Waals surface area contributed by atoms with Crippen LogP contribution in [-0.4, -0.2) is 20.8 Å². The van der Waals surface area contributed by atoms with Crippen LogP contribution in [-0.2, 0) is 0 Å². The van der Waals surface area contributed by atoms with Gasteiger partial charge in [0.2, 0.25) is 0 Å². The maximum atomic E-state index is 9.68. The summed E-state index contributed by atoms with van der Waals surface area (Å²) in [6.07, 6.45) is -0.0452. The fraction of sp³-hybridized carbons (Fsp3) is 0.333. The monoisotopic (exact) mass is 202 g/mol. The van der Waals surface area contributed by atoms with Crippen LogP contribution in [0.15, 0.2) is 24.3 Å². The summed E-state index contributed by atoms with van der Waals surface area (Å²) in [6, 6.07) is 6.77. The van der Waals surface area contributed by atoms with Gasteiger partial charge in [0.1, 0.15) is 0 Å². The van der Waals surface area contributed by atoms with E-state index in [1.165, 1.54) is 0 Å². The first-order chi connectivity index (χ1) is 5.85. The molecule has 0 bridgehead atoms. The van der Waals surface area contributed by atoms with Crippen molar-refractivity contribution in [3.05, 3.63) is 29.8 Å². The Morgan fingerprint density at radius 3 is 2.15 bits per heavy atom. The molecule has 0 aliphatic heterocycles. The molecule has 0 radical (unpaired) electrons. The molecule has 1 aromatic rings. The fourth-order valence-corrected chi connectivity index (χ4v) is 2.78. The Labute approximate surface area is 77.8 Å². The molecule has 0 amide bonds. The topological polar surface area (TPSA) is 60.7 Å². The predicted octanol–water partition coefficient (Wildman–Crippen LogP) is 0.915. The number of rotatable bonds is 2. The Bertz CT molecular complexity index is 314. The van der Waals surface area contributed by atoms with Crippen LogP contribution in [0, 0.1) is 6.92 Å². The zero-order chi connectivity index (χ0) is 10.1. The van der Waals surface area contributed by atoms with E-state index in [4.69, 9.17) is 0 Å². The third-order valence-corrected chi connectivity index (χ3v) is 4.85. The molecular formula is C9H15O3P. The third-order valence-electron chi connectivity index (χ3n) is 2.19. The van der Waals surface area contributed by atoms with Gasteiger partial charge in [-0.1, -0.05) is 0 Å². The molecule has 0 unspecified atom stereocenters. The van der Waals surface area contributed by atoms with E-state index in [1.54, 1.807) is 38.1 Å². The minimum absolute atomic E-state index is 0.0452. The van der Waals surface area contributed by atoms with Crippen LogP contribution in [0.2, 0.25) is 0 Å². The second kappa shape index (κ2) is 3.03. The zero-order valence-corrected chi connectivity index (χ0v) is 8.70. The summed E-state index contributed by atoms with van der Waals surface area (Å²) in [5.74, 6) is 0. The van der Waals surface area contributed by atoms with Gasteiger partial charge in [-0.3, -0.25) is 0 Å². The average molecular weight is 202 g/mol. The van der Waals surface area contributed by atoms with Gasteiger partial charge in [0.15, 0.2) is 0 Å². The zero-order valence-electron chi connectivity index (χ0n) is 7.81. The first kappa shape index (κ1) is 10.6. The van der Waals surface area contributed by atoms with E-state index in [1.807, 2.05) is 0 Å². The summed E-state index contributed by atoms with van der Waals surface area (Å²) >= 11 is 0. The number of hydrogen-bond acceptors (Lipinski definition) is 3. The Balaban J connectivity index is 3.30. The van der Waals surface area contributed by atoms with E-state index in [-0.39, 0.29) is 11.5 Å². The molecule has 1 aromatic carbocycles. The van der Waals surface area contributed by atoms with Gasteiger partial charge in [-0.15, -0.1) is 0 Å². The summed E-state index contributed by atoms with van der Waals surface area (Å²) < 4.78 is 0. The van der Waals surface area contributed by atoms with Crippen molar-refractivity contribution in [2.45, 2.75) is 13.8 Å². The van der Waals surface area contributed by atoms with Gasteiger partial charge in [0.05, 0.1) is 0 Å². The molecule has 4 heteroatoms. The van der Waals surface area contributed by atoms with E-state index in [2.05, 4.69) is 0 Å². The van der Waals surface area contributed by atoms with Crippen molar-refractivity contribution in [3.63, 3.8) is 0 Å². The van der Waals surface area contributed by atoms with Crippen LogP contribution in [0.4, 0.5) is 0 Å². The van der Waals surface area contributed by atoms with Crippen LogP contribution >= 0.6 is 7.28 Å². The number of benzene rings is 1. The molecule has 0 aliphatic rings. The summed E-state index contributed by atoms with van der Waals surface area (Å²) in [5.41, 5.74) is 0.703. The molecule has 3 N–H and O–H groups in total. The summed E-state index contributed by atoms with van der Waals surface area (Å²) in [5, 5.41) is 0.260. The molecule has 0 saturated heterocycles. The van der Waals surface area contributed by atoms with Crippen molar-refractivity contribution in [2.75, 3.05) is 6.16 Å². The SMILES string of the molecule is CCP(O)(O)(O)c1ccccc1C. The molecule has 74 valence electrons. The Hall–Kier alpha value is -0.470. The Morgan fingerprint density at radius 2 is 1.69 bits per heavy atom. The van der Waals surface area contributed by atoms with Gasteiger partial charge in [-0.2, -0.15) is 0 Å². The van der Waals surface area contributed by atoms with E-state index in [0.29, 0.717) is 5.56 Å². The van der Waals surface area contributed by atoms with Crippen molar-refractivity contribution in [3.8, 4) is 0 Å². The standard InChI is InChI=1S/C9H15O3P/c1-3-13(10,11,12)9-7-5-4-6-8(9)2/h4-7,10-12H,3H2,1-2H3. The van der Waals surface area contributed by atoms with Crippen LogP contribution in [0.25, 0.3) is 0 Å². The van der Waals surface area contributed by atoms with Gasteiger partial charge in [0, 0.05) is 0 Å². The van der Waals surface area contributed by atoms with Crippen LogP contribution in [0.1, 0.15) is 12.5 Å². The van der Waals surface area contributed by atoms with Crippen molar-refractivity contribution >= 4 is 12.6 Å². The van der Waals surface area contributed by atoms with E-state index in [9.17, 15) is 14.7 Å². The van der Waals surface area contributed by atoms with Crippen molar-refractivity contribution < 1.29 is 14.7 Å². The average Bonchev–Trinajstić information content (AvgIpc) is 2.04. The van der Waals surface area contributed by atoms with E-state index in [0.717, 1.165) is 0 Å². The molecule has 0 spiro atoms. The summed E-state index contributed by atoms with van der Waals surface area (Å²) in [6.45, 7) is 3.30. The second-order valence-electron chi connectivity index (χ2n) is 3.25. The maximum absolute atomic E-state index is 9.68. The normalized spacial score (nSPS) is 15.0. The van der Waals surface area contributed by atoms with Gasteiger partial charge < -0.3 is 0 Å². The van der Waals surface area contributed by atoms with E-state index >= 15 is 0 Å². The van der Waals surface area contributed by atoms with Crippen molar-refractivity contribution in [1.29, 1.82) is 0 Å². The molecule has 0 saturated carbocycles. The van der Waals surface area contributed by atoms with Gasteiger partial charge >= 0.3 is 77.1 Å². The van der Waals surface area contributed by atoms with Crippen LogP contribution in [0.3, 0.4) is 0 Å². The summed E-state index contributed by atoms with van der Waals surface area (Å²) in [4.78, 5) is 29.0. The molecule has 13 heavy (non-hydrogen) atoms. The molecule has 0 atom stereocenters. The quantitative estimate of drug-likeness (QED) is 0.625. The molecule has 0 heterocycles. The second-order valence-corrected chi connectivity index (χ2v) is 6.67. The molecule has 1 rings (SSSR count). The van der Waals surface area contributed by atoms with Gasteiger partial charge in [-0.25, -0.2) is 0 Å². The molecule has 0 aliphatic carbocycles. The van der Waals surface area contributed by atoms with Crippen molar-refractivity contribution in [1.82, 2.24) is 0 Å². The van der Waals surface area contributed by atoms with Gasteiger partial charge in [-0.05, 0) is 0 Å². The molecule has 0 aromatic heterocycles. The first-order valence-corrected chi connectivity index (χ1v) is 6.45. The summed E-state index contributed by atoms with van der Waals surface area (Å²) in [7, 11) is -4.56. The number of hydrogen-bond donors (Lipinski definition) is 3.